The van der Waals surface area contributed by atoms with E-state index in [9.17, 15) is 0 Å². The summed E-state index contributed by atoms with van der Waals surface area (Å²) in [6.45, 7) is 4.03. The van der Waals surface area contributed by atoms with Crippen molar-refractivity contribution in [1.82, 2.24) is 4.90 Å². The van der Waals surface area contributed by atoms with Crippen LogP contribution in [0.3, 0.4) is 0 Å². The maximum atomic E-state index is 8.60. The number of rotatable bonds is 6. The van der Waals surface area contributed by atoms with E-state index in [0.717, 1.165) is 19.1 Å². The first-order chi connectivity index (χ1) is 6.27. The van der Waals surface area contributed by atoms with Gasteiger partial charge in [0.15, 0.2) is 0 Å². The summed E-state index contributed by atoms with van der Waals surface area (Å²) in [5.41, 5.74) is 0. The smallest absolute Gasteiger partial charge is 0.133 e. The molecule has 0 aromatic carbocycles. The van der Waals surface area contributed by atoms with Gasteiger partial charge in [-0.25, -0.2) is 0 Å². The molecular weight excluding hydrogens is 184 g/mol. The maximum absolute atomic E-state index is 8.60. The Kier molecular flexibility index (Phi) is 4.55. The molecule has 0 bridgehead atoms. The number of alkyl halides is 1. The second-order valence-electron chi connectivity index (χ2n) is 3.68. The molecule has 0 radical (unpaired) electrons. The van der Waals surface area contributed by atoms with Gasteiger partial charge in [0.1, 0.15) is 5.38 Å². The number of unbranched alkanes of at least 4 members (excludes halogenated alkanes) is 1. The lowest BCUT2D eigenvalue weighted by Crippen LogP contribution is -2.32. The van der Waals surface area contributed by atoms with Crippen LogP contribution in [0.1, 0.15) is 32.6 Å². The van der Waals surface area contributed by atoms with Crippen LogP contribution in [-0.4, -0.2) is 29.4 Å². The molecule has 3 heteroatoms. The van der Waals surface area contributed by atoms with Crippen LogP contribution >= 0.6 is 11.6 Å². The molecular formula is C10H17ClN2. The first kappa shape index (κ1) is 10.8. The Morgan fingerprint density at radius 1 is 1.62 bits per heavy atom. The van der Waals surface area contributed by atoms with Crippen molar-refractivity contribution in [3.8, 4) is 6.07 Å². The number of hydrogen-bond donors (Lipinski definition) is 0. The van der Waals surface area contributed by atoms with Crippen LogP contribution in [0.5, 0.6) is 0 Å². The molecule has 74 valence electrons. The topological polar surface area (TPSA) is 27.0 Å². The molecule has 0 amide bonds. The van der Waals surface area contributed by atoms with Gasteiger partial charge in [-0.05, 0) is 25.8 Å². The SMILES string of the molecule is CCCCN(CC(Cl)C#N)C1CC1. The molecule has 1 saturated carbocycles. The molecule has 1 atom stereocenters. The van der Waals surface area contributed by atoms with E-state index in [-0.39, 0.29) is 5.38 Å². The fourth-order valence-electron chi connectivity index (χ4n) is 1.47. The second kappa shape index (κ2) is 5.47. The summed E-state index contributed by atoms with van der Waals surface area (Å²) in [5.74, 6) is 0. The van der Waals surface area contributed by atoms with Gasteiger partial charge in [-0.2, -0.15) is 5.26 Å². The van der Waals surface area contributed by atoms with Gasteiger partial charge in [0, 0.05) is 12.6 Å². The fraction of sp³-hybridized carbons (Fsp3) is 0.900. The van der Waals surface area contributed by atoms with Crippen LogP contribution in [0.4, 0.5) is 0 Å². The van der Waals surface area contributed by atoms with E-state index in [1.165, 1.54) is 25.7 Å². The zero-order valence-corrected chi connectivity index (χ0v) is 8.93. The molecule has 1 rings (SSSR count). The van der Waals surface area contributed by atoms with Crippen molar-refractivity contribution in [2.45, 2.75) is 44.0 Å². The Morgan fingerprint density at radius 3 is 2.77 bits per heavy atom. The lowest BCUT2D eigenvalue weighted by atomic mass is 10.3. The molecule has 1 unspecified atom stereocenters. The minimum absolute atomic E-state index is 0.336. The molecule has 0 saturated heterocycles. The Balaban J connectivity index is 2.25. The Bertz CT molecular complexity index is 184. The minimum Gasteiger partial charge on any atom is -0.298 e. The molecule has 2 nitrogen and oxygen atoms in total. The van der Waals surface area contributed by atoms with Gasteiger partial charge in [-0.15, -0.1) is 11.6 Å². The van der Waals surface area contributed by atoms with E-state index < -0.39 is 0 Å². The second-order valence-corrected chi connectivity index (χ2v) is 4.20. The third-order valence-electron chi connectivity index (χ3n) is 2.40. The van der Waals surface area contributed by atoms with Crippen molar-refractivity contribution in [1.29, 1.82) is 5.26 Å². The molecule has 1 aliphatic rings. The molecule has 0 heterocycles. The first-order valence-electron chi connectivity index (χ1n) is 5.05. The average molecular weight is 201 g/mol. The lowest BCUT2D eigenvalue weighted by Gasteiger charge is -2.21. The van der Waals surface area contributed by atoms with Crippen molar-refractivity contribution in [2.24, 2.45) is 0 Å². The van der Waals surface area contributed by atoms with E-state index in [0.29, 0.717) is 0 Å². The normalized spacial score (nSPS) is 18.6. The summed E-state index contributed by atoms with van der Waals surface area (Å²) in [5, 5.41) is 8.27. The number of halogens is 1. The van der Waals surface area contributed by atoms with Crippen LogP contribution in [-0.2, 0) is 0 Å². The monoisotopic (exact) mass is 200 g/mol. The van der Waals surface area contributed by atoms with Crippen molar-refractivity contribution in [3.05, 3.63) is 0 Å². The predicted octanol–water partition coefficient (Wildman–Crippen LogP) is 2.38. The highest BCUT2D eigenvalue weighted by Gasteiger charge is 2.29. The standard InChI is InChI=1S/C10H17ClN2/c1-2-3-6-13(10-4-5-10)8-9(11)7-12/h9-10H,2-6,8H2,1H3. The minimum atomic E-state index is -0.336. The zero-order valence-electron chi connectivity index (χ0n) is 8.17. The molecule has 1 aliphatic carbocycles. The van der Waals surface area contributed by atoms with E-state index >= 15 is 0 Å². The zero-order chi connectivity index (χ0) is 9.68. The average Bonchev–Trinajstić information content (AvgIpc) is 2.94. The van der Waals surface area contributed by atoms with Gasteiger partial charge in [0.2, 0.25) is 0 Å². The van der Waals surface area contributed by atoms with E-state index in [2.05, 4.69) is 17.9 Å². The molecule has 0 aromatic heterocycles. The molecule has 0 aromatic rings. The van der Waals surface area contributed by atoms with Gasteiger partial charge in [0.25, 0.3) is 0 Å². The highest BCUT2D eigenvalue weighted by atomic mass is 35.5. The highest BCUT2D eigenvalue weighted by Crippen LogP contribution is 2.27. The van der Waals surface area contributed by atoms with Crippen LogP contribution in [0.15, 0.2) is 0 Å². The van der Waals surface area contributed by atoms with Crippen LogP contribution < -0.4 is 0 Å². The highest BCUT2D eigenvalue weighted by molar-refractivity contribution is 6.22. The van der Waals surface area contributed by atoms with Crippen LogP contribution in [0.25, 0.3) is 0 Å². The first-order valence-corrected chi connectivity index (χ1v) is 5.49. The van der Waals surface area contributed by atoms with Gasteiger partial charge in [0.05, 0.1) is 6.07 Å². The Hall–Kier alpha value is -0.260. The summed E-state index contributed by atoms with van der Waals surface area (Å²) in [6.07, 6.45) is 5.01. The van der Waals surface area contributed by atoms with E-state index in [4.69, 9.17) is 16.9 Å². The number of hydrogen-bond acceptors (Lipinski definition) is 2. The summed E-state index contributed by atoms with van der Waals surface area (Å²) < 4.78 is 0. The fourth-order valence-corrected chi connectivity index (χ4v) is 1.65. The summed E-state index contributed by atoms with van der Waals surface area (Å²) in [6, 6.07) is 2.80. The number of nitriles is 1. The third kappa shape index (κ3) is 3.97. The third-order valence-corrected chi connectivity index (χ3v) is 2.63. The van der Waals surface area contributed by atoms with Crippen molar-refractivity contribution < 1.29 is 0 Å². The van der Waals surface area contributed by atoms with Gasteiger partial charge >= 0.3 is 0 Å². The quantitative estimate of drug-likeness (QED) is 0.616. The van der Waals surface area contributed by atoms with Crippen LogP contribution in [0, 0.1) is 11.3 Å². The largest absolute Gasteiger partial charge is 0.298 e. The lowest BCUT2D eigenvalue weighted by molar-refractivity contribution is 0.267. The molecule has 0 aliphatic heterocycles. The van der Waals surface area contributed by atoms with Crippen LogP contribution in [0.2, 0.25) is 0 Å². The molecule has 0 N–H and O–H groups in total. The molecule has 13 heavy (non-hydrogen) atoms. The predicted molar refractivity (Wildman–Crippen MR) is 54.8 cm³/mol. The Morgan fingerprint density at radius 2 is 2.31 bits per heavy atom. The summed E-state index contributed by atoms with van der Waals surface area (Å²) in [4.78, 5) is 2.37. The van der Waals surface area contributed by atoms with Crippen molar-refractivity contribution >= 4 is 11.6 Å². The van der Waals surface area contributed by atoms with E-state index in [1.54, 1.807) is 0 Å². The van der Waals surface area contributed by atoms with E-state index in [1.807, 2.05) is 0 Å². The number of nitrogens with zero attached hydrogens (tertiary/aromatic N) is 2. The van der Waals surface area contributed by atoms with Crippen molar-refractivity contribution in [3.63, 3.8) is 0 Å². The maximum Gasteiger partial charge on any atom is 0.133 e. The summed E-state index contributed by atoms with van der Waals surface area (Å²) >= 11 is 5.81. The molecule has 1 fully saturated rings. The van der Waals surface area contributed by atoms with Gasteiger partial charge < -0.3 is 0 Å². The van der Waals surface area contributed by atoms with Crippen molar-refractivity contribution in [2.75, 3.05) is 13.1 Å². The Labute approximate surface area is 85.5 Å². The summed E-state index contributed by atoms with van der Waals surface area (Å²) in [7, 11) is 0. The van der Waals surface area contributed by atoms with Gasteiger partial charge in [-0.3, -0.25) is 4.90 Å². The molecule has 0 spiro atoms. The van der Waals surface area contributed by atoms with Gasteiger partial charge in [-0.1, -0.05) is 13.3 Å².